The van der Waals surface area contributed by atoms with E-state index in [1.807, 2.05) is 6.92 Å². The zero-order valence-electron chi connectivity index (χ0n) is 9.63. The zero-order chi connectivity index (χ0) is 11.3. The van der Waals surface area contributed by atoms with Gasteiger partial charge in [-0.2, -0.15) is 0 Å². The minimum Gasteiger partial charge on any atom is -0.309 e. The molecule has 1 aromatic heterocycles. The predicted octanol–water partition coefficient (Wildman–Crippen LogP) is 2.92. The van der Waals surface area contributed by atoms with Gasteiger partial charge in [-0.3, -0.25) is 4.98 Å². The van der Waals surface area contributed by atoms with Gasteiger partial charge in [0.15, 0.2) is 0 Å². The summed E-state index contributed by atoms with van der Waals surface area (Å²) >= 11 is 0. The molecule has 1 N–H and O–H groups in total. The SMILES string of the molecule is CCNC(c1ncccc1F)C(C)CC. The number of pyridine rings is 1. The predicted molar refractivity (Wildman–Crippen MR) is 60.1 cm³/mol. The van der Waals surface area contributed by atoms with Gasteiger partial charge in [-0.05, 0) is 24.6 Å². The Labute approximate surface area is 90.9 Å². The largest absolute Gasteiger partial charge is 0.309 e. The van der Waals surface area contributed by atoms with Crippen molar-refractivity contribution in [1.29, 1.82) is 0 Å². The van der Waals surface area contributed by atoms with E-state index < -0.39 is 0 Å². The molecule has 0 aromatic carbocycles. The highest BCUT2D eigenvalue weighted by molar-refractivity contribution is 5.12. The molecule has 84 valence electrons. The lowest BCUT2D eigenvalue weighted by Crippen LogP contribution is -2.28. The molecular formula is C12H19FN2. The normalized spacial score (nSPS) is 14.9. The van der Waals surface area contributed by atoms with Crippen LogP contribution in [0.1, 0.15) is 38.9 Å². The minimum atomic E-state index is -0.219. The van der Waals surface area contributed by atoms with Crippen LogP contribution in [0.3, 0.4) is 0 Å². The van der Waals surface area contributed by atoms with Gasteiger partial charge in [-0.15, -0.1) is 0 Å². The van der Waals surface area contributed by atoms with E-state index in [4.69, 9.17) is 0 Å². The van der Waals surface area contributed by atoms with E-state index in [0.717, 1.165) is 13.0 Å². The van der Waals surface area contributed by atoms with Gasteiger partial charge in [0.1, 0.15) is 5.82 Å². The highest BCUT2D eigenvalue weighted by Crippen LogP contribution is 2.24. The molecule has 0 aliphatic carbocycles. The van der Waals surface area contributed by atoms with Crippen LogP contribution in [0, 0.1) is 11.7 Å². The van der Waals surface area contributed by atoms with Gasteiger partial charge in [-0.1, -0.05) is 27.2 Å². The van der Waals surface area contributed by atoms with Gasteiger partial charge in [-0.25, -0.2) is 4.39 Å². The molecule has 1 aromatic rings. The van der Waals surface area contributed by atoms with Crippen LogP contribution in [0.4, 0.5) is 4.39 Å². The minimum absolute atomic E-state index is 0.0150. The van der Waals surface area contributed by atoms with Crippen LogP contribution in [-0.2, 0) is 0 Å². The first-order chi connectivity index (χ1) is 7.20. The summed E-state index contributed by atoms with van der Waals surface area (Å²) in [6.07, 6.45) is 2.65. The number of halogens is 1. The summed E-state index contributed by atoms with van der Waals surface area (Å²) in [4.78, 5) is 4.13. The molecule has 0 aliphatic rings. The third kappa shape index (κ3) is 2.99. The molecule has 0 spiro atoms. The van der Waals surface area contributed by atoms with Crippen molar-refractivity contribution >= 4 is 0 Å². The number of rotatable bonds is 5. The molecule has 1 rings (SSSR count). The van der Waals surface area contributed by atoms with Gasteiger partial charge >= 0.3 is 0 Å². The van der Waals surface area contributed by atoms with Crippen LogP contribution in [0.2, 0.25) is 0 Å². The molecule has 1 heterocycles. The smallest absolute Gasteiger partial charge is 0.146 e. The van der Waals surface area contributed by atoms with Crippen molar-refractivity contribution < 1.29 is 4.39 Å². The van der Waals surface area contributed by atoms with Crippen molar-refractivity contribution in [2.45, 2.75) is 33.2 Å². The summed E-state index contributed by atoms with van der Waals surface area (Å²) in [6.45, 7) is 7.07. The van der Waals surface area contributed by atoms with Crippen molar-refractivity contribution in [3.05, 3.63) is 29.8 Å². The molecule has 2 atom stereocenters. The third-order valence-electron chi connectivity index (χ3n) is 2.72. The Hall–Kier alpha value is -0.960. The molecule has 0 radical (unpaired) electrons. The van der Waals surface area contributed by atoms with Gasteiger partial charge in [0.05, 0.1) is 11.7 Å². The lowest BCUT2D eigenvalue weighted by Gasteiger charge is -2.23. The lowest BCUT2D eigenvalue weighted by molar-refractivity contribution is 0.363. The Morgan fingerprint density at radius 1 is 1.47 bits per heavy atom. The molecule has 2 unspecified atom stereocenters. The van der Waals surface area contributed by atoms with Gasteiger partial charge in [0.2, 0.25) is 0 Å². The van der Waals surface area contributed by atoms with E-state index in [1.54, 1.807) is 12.3 Å². The number of aromatic nitrogens is 1. The summed E-state index contributed by atoms with van der Waals surface area (Å²) in [5, 5.41) is 3.29. The maximum Gasteiger partial charge on any atom is 0.146 e. The molecular weight excluding hydrogens is 191 g/mol. The fourth-order valence-corrected chi connectivity index (χ4v) is 1.65. The molecule has 0 amide bonds. The molecule has 0 fully saturated rings. The van der Waals surface area contributed by atoms with Crippen molar-refractivity contribution in [3.63, 3.8) is 0 Å². The molecule has 3 heteroatoms. The summed E-state index contributed by atoms with van der Waals surface area (Å²) in [6, 6.07) is 3.11. The van der Waals surface area contributed by atoms with Gasteiger partial charge in [0, 0.05) is 6.20 Å². The summed E-state index contributed by atoms with van der Waals surface area (Å²) < 4.78 is 13.6. The average Bonchev–Trinajstić information content (AvgIpc) is 2.26. The van der Waals surface area contributed by atoms with Crippen LogP contribution < -0.4 is 5.32 Å². The Balaban J connectivity index is 2.93. The third-order valence-corrected chi connectivity index (χ3v) is 2.72. The second-order valence-electron chi connectivity index (χ2n) is 3.79. The van der Waals surface area contributed by atoms with E-state index in [1.165, 1.54) is 6.07 Å². The van der Waals surface area contributed by atoms with E-state index in [-0.39, 0.29) is 11.9 Å². The highest BCUT2D eigenvalue weighted by atomic mass is 19.1. The molecule has 2 nitrogen and oxygen atoms in total. The van der Waals surface area contributed by atoms with Crippen LogP contribution in [-0.4, -0.2) is 11.5 Å². The standard InChI is InChI=1S/C12H19FN2/c1-4-9(3)11(14-5-2)12-10(13)7-6-8-15-12/h6-9,11,14H,4-5H2,1-3H3. The Kier molecular flexibility index (Phi) is 4.69. The average molecular weight is 210 g/mol. The molecule has 0 saturated heterocycles. The van der Waals surface area contributed by atoms with Crippen LogP contribution in [0.15, 0.2) is 18.3 Å². The molecule has 0 bridgehead atoms. The van der Waals surface area contributed by atoms with Crippen LogP contribution in [0.25, 0.3) is 0 Å². The van der Waals surface area contributed by atoms with E-state index >= 15 is 0 Å². The van der Waals surface area contributed by atoms with Crippen LogP contribution in [0.5, 0.6) is 0 Å². The number of nitrogens with one attached hydrogen (secondary N) is 1. The van der Waals surface area contributed by atoms with Crippen molar-refractivity contribution in [3.8, 4) is 0 Å². The second kappa shape index (κ2) is 5.81. The van der Waals surface area contributed by atoms with Gasteiger partial charge in [0.25, 0.3) is 0 Å². The number of nitrogens with zero attached hydrogens (tertiary/aromatic N) is 1. The summed E-state index contributed by atoms with van der Waals surface area (Å²) in [5.41, 5.74) is 0.536. The highest BCUT2D eigenvalue weighted by Gasteiger charge is 2.20. The van der Waals surface area contributed by atoms with Gasteiger partial charge < -0.3 is 5.32 Å². The Bertz CT molecular complexity index is 301. The van der Waals surface area contributed by atoms with Crippen molar-refractivity contribution in [1.82, 2.24) is 10.3 Å². The second-order valence-corrected chi connectivity index (χ2v) is 3.79. The molecule has 0 aliphatic heterocycles. The summed E-state index contributed by atoms with van der Waals surface area (Å²) in [7, 11) is 0. The quantitative estimate of drug-likeness (QED) is 0.808. The van der Waals surface area contributed by atoms with E-state index in [9.17, 15) is 4.39 Å². The zero-order valence-corrected chi connectivity index (χ0v) is 9.63. The molecule has 0 saturated carbocycles. The first-order valence-corrected chi connectivity index (χ1v) is 5.54. The fourth-order valence-electron chi connectivity index (χ4n) is 1.65. The van der Waals surface area contributed by atoms with Crippen LogP contribution >= 0.6 is 0 Å². The Morgan fingerprint density at radius 2 is 2.20 bits per heavy atom. The topological polar surface area (TPSA) is 24.9 Å². The monoisotopic (exact) mass is 210 g/mol. The Morgan fingerprint density at radius 3 is 2.73 bits per heavy atom. The molecule has 15 heavy (non-hydrogen) atoms. The van der Waals surface area contributed by atoms with E-state index in [0.29, 0.717) is 11.6 Å². The van der Waals surface area contributed by atoms with E-state index in [2.05, 4.69) is 24.1 Å². The maximum absolute atomic E-state index is 13.6. The van der Waals surface area contributed by atoms with Crippen molar-refractivity contribution in [2.75, 3.05) is 6.54 Å². The lowest BCUT2D eigenvalue weighted by atomic mass is 9.95. The number of hydrogen-bond acceptors (Lipinski definition) is 2. The number of hydrogen-bond donors (Lipinski definition) is 1. The van der Waals surface area contributed by atoms with Crippen molar-refractivity contribution in [2.24, 2.45) is 5.92 Å². The fraction of sp³-hybridized carbons (Fsp3) is 0.583. The first-order valence-electron chi connectivity index (χ1n) is 5.54. The summed E-state index contributed by atoms with van der Waals surface area (Å²) in [5.74, 6) is 0.165. The first kappa shape index (κ1) is 12.1. The maximum atomic E-state index is 13.6.